The predicted molar refractivity (Wildman–Crippen MR) is 57.5 cm³/mol. The molecule has 0 saturated carbocycles. The molecule has 7 heteroatoms. The highest BCUT2D eigenvalue weighted by Crippen LogP contribution is 1.99. The van der Waals surface area contributed by atoms with Crippen LogP contribution in [0.5, 0.6) is 0 Å². The summed E-state index contributed by atoms with van der Waals surface area (Å²) in [6.07, 6.45) is 1.01. The minimum atomic E-state index is -1.26. The fourth-order valence-electron chi connectivity index (χ4n) is 0.911. The number of carbonyl (C=O) groups excluding carboxylic acids is 3. The first-order valence-electron chi connectivity index (χ1n) is 4.88. The Morgan fingerprint density at radius 1 is 1.18 bits per heavy atom. The van der Waals surface area contributed by atoms with Crippen LogP contribution in [0.2, 0.25) is 0 Å². The van der Waals surface area contributed by atoms with Crippen molar-refractivity contribution in [2.24, 2.45) is 10.9 Å². The number of nitrogens with zero attached hydrogens (tertiary/aromatic N) is 1. The number of methoxy groups -OCH3 is 2. The Morgan fingerprint density at radius 3 is 2.12 bits per heavy atom. The predicted octanol–water partition coefficient (Wildman–Crippen LogP) is -0.417. The number of esters is 3. The third kappa shape index (κ3) is 5.64. The molecular formula is C10H15NO6. The summed E-state index contributed by atoms with van der Waals surface area (Å²) in [5.74, 6) is -3.41. The second-order valence-corrected chi connectivity index (χ2v) is 2.82. The van der Waals surface area contributed by atoms with E-state index in [1.165, 1.54) is 0 Å². The zero-order valence-electron chi connectivity index (χ0n) is 9.97. The van der Waals surface area contributed by atoms with Crippen molar-refractivity contribution in [1.29, 1.82) is 0 Å². The first-order valence-corrected chi connectivity index (χ1v) is 4.88. The van der Waals surface area contributed by atoms with Crippen LogP contribution in [-0.4, -0.2) is 51.5 Å². The Bertz CT molecular complexity index is 296. The summed E-state index contributed by atoms with van der Waals surface area (Å²) in [5.41, 5.74) is 0. The molecule has 0 N–H and O–H groups in total. The molecule has 0 aromatic rings. The number of rotatable bonds is 6. The van der Waals surface area contributed by atoms with Crippen molar-refractivity contribution >= 4 is 24.1 Å². The molecule has 0 fully saturated rings. The Morgan fingerprint density at radius 2 is 1.71 bits per heavy atom. The average molecular weight is 245 g/mol. The van der Waals surface area contributed by atoms with Crippen molar-refractivity contribution in [3.8, 4) is 0 Å². The van der Waals surface area contributed by atoms with E-state index in [2.05, 4.69) is 19.2 Å². The standard InChI is InChI=1S/C10H15NO6/c1-4-17-8(12)6-11-5-7(9(13)15-2)10(14)16-3/h5,7H,4,6H2,1-3H3. The van der Waals surface area contributed by atoms with E-state index >= 15 is 0 Å². The van der Waals surface area contributed by atoms with Crippen LogP contribution in [0, 0.1) is 5.92 Å². The number of hydrogen-bond donors (Lipinski definition) is 0. The number of aliphatic imine (C=N–C) groups is 1. The largest absolute Gasteiger partial charge is 0.468 e. The average Bonchev–Trinajstić information content (AvgIpc) is 2.33. The van der Waals surface area contributed by atoms with Crippen LogP contribution in [-0.2, 0) is 28.6 Å². The molecular weight excluding hydrogens is 230 g/mol. The van der Waals surface area contributed by atoms with Gasteiger partial charge in [0.15, 0.2) is 5.92 Å². The maximum atomic E-state index is 11.2. The third-order valence-corrected chi connectivity index (χ3v) is 1.69. The molecule has 0 atom stereocenters. The summed E-state index contributed by atoms with van der Waals surface area (Å²) < 4.78 is 13.4. The molecule has 96 valence electrons. The molecule has 0 rings (SSSR count). The van der Waals surface area contributed by atoms with E-state index < -0.39 is 23.8 Å². The molecule has 0 aromatic heterocycles. The lowest BCUT2D eigenvalue weighted by atomic mass is 10.2. The molecule has 0 heterocycles. The van der Waals surface area contributed by atoms with Gasteiger partial charge in [0.1, 0.15) is 6.54 Å². The minimum absolute atomic E-state index is 0.242. The summed E-state index contributed by atoms with van der Waals surface area (Å²) in [6.45, 7) is 1.64. The maximum Gasteiger partial charge on any atom is 0.327 e. The zero-order chi connectivity index (χ0) is 13.3. The van der Waals surface area contributed by atoms with Gasteiger partial charge in [-0.15, -0.1) is 0 Å². The van der Waals surface area contributed by atoms with Crippen molar-refractivity contribution in [3.63, 3.8) is 0 Å². The molecule has 0 spiro atoms. The molecule has 0 saturated heterocycles. The Balaban J connectivity index is 4.43. The summed E-state index contributed by atoms with van der Waals surface area (Å²) >= 11 is 0. The molecule has 7 nitrogen and oxygen atoms in total. The van der Waals surface area contributed by atoms with E-state index in [0.717, 1.165) is 20.4 Å². The van der Waals surface area contributed by atoms with Crippen LogP contribution in [0.3, 0.4) is 0 Å². The smallest absolute Gasteiger partial charge is 0.327 e. The van der Waals surface area contributed by atoms with E-state index in [1.54, 1.807) is 6.92 Å². The summed E-state index contributed by atoms with van der Waals surface area (Å²) in [6, 6.07) is 0. The van der Waals surface area contributed by atoms with Crippen LogP contribution in [0.4, 0.5) is 0 Å². The molecule has 17 heavy (non-hydrogen) atoms. The van der Waals surface area contributed by atoms with Gasteiger partial charge in [-0.3, -0.25) is 19.4 Å². The lowest BCUT2D eigenvalue weighted by Crippen LogP contribution is -2.28. The van der Waals surface area contributed by atoms with Crippen molar-refractivity contribution in [2.45, 2.75) is 6.92 Å². The molecule has 0 aliphatic heterocycles. The topological polar surface area (TPSA) is 91.3 Å². The van der Waals surface area contributed by atoms with Gasteiger partial charge in [0, 0.05) is 6.21 Å². The van der Waals surface area contributed by atoms with Gasteiger partial charge in [-0.05, 0) is 6.92 Å². The molecule has 0 amide bonds. The fourth-order valence-corrected chi connectivity index (χ4v) is 0.911. The quantitative estimate of drug-likeness (QED) is 0.273. The van der Waals surface area contributed by atoms with Gasteiger partial charge >= 0.3 is 17.9 Å². The molecule has 0 unspecified atom stereocenters. The Hall–Kier alpha value is -1.92. The van der Waals surface area contributed by atoms with Gasteiger partial charge in [0.2, 0.25) is 0 Å². The van der Waals surface area contributed by atoms with Crippen molar-refractivity contribution in [3.05, 3.63) is 0 Å². The normalized spacial score (nSPS) is 10.4. The van der Waals surface area contributed by atoms with Gasteiger partial charge < -0.3 is 14.2 Å². The first-order chi connectivity index (χ1) is 8.06. The first kappa shape index (κ1) is 15.1. The highest BCUT2D eigenvalue weighted by atomic mass is 16.5. The molecule has 0 aromatic carbocycles. The van der Waals surface area contributed by atoms with E-state index in [0.29, 0.717) is 0 Å². The van der Waals surface area contributed by atoms with Crippen molar-refractivity contribution in [1.82, 2.24) is 0 Å². The monoisotopic (exact) mass is 245 g/mol. The molecule has 0 radical (unpaired) electrons. The maximum absolute atomic E-state index is 11.2. The lowest BCUT2D eigenvalue weighted by molar-refractivity contribution is -0.155. The number of carbonyl (C=O) groups is 3. The summed E-state index contributed by atoms with van der Waals surface area (Å²) in [5, 5.41) is 0. The van der Waals surface area contributed by atoms with Crippen molar-refractivity contribution in [2.75, 3.05) is 27.4 Å². The number of hydrogen-bond acceptors (Lipinski definition) is 7. The van der Waals surface area contributed by atoms with E-state index in [9.17, 15) is 14.4 Å². The summed E-state index contributed by atoms with van der Waals surface area (Å²) in [7, 11) is 2.27. The van der Waals surface area contributed by atoms with E-state index in [-0.39, 0.29) is 13.2 Å². The molecule has 0 bridgehead atoms. The third-order valence-electron chi connectivity index (χ3n) is 1.69. The van der Waals surface area contributed by atoms with Crippen LogP contribution in [0.25, 0.3) is 0 Å². The van der Waals surface area contributed by atoms with E-state index in [1.807, 2.05) is 0 Å². The van der Waals surface area contributed by atoms with Crippen LogP contribution < -0.4 is 0 Å². The van der Waals surface area contributed by atoms with Crippen LogP contribution in [0.1, 0.15) is 6.92 Å². The minimum Gasteiger partial charge on any atom is -0.468 e. The van der Waals surface area contributed by atoms with Gasteiger partial charge in [-0.2, -0.15) is 0 Å². The molecule has 0 aliphatic carbocycles. The van der Waals surface area contributed by atoms with Gasteiger partial charge in [-0.25, -0.2) is 0 Å². The second-order valence-electron chi connectivity index (χ2n) is 2.82. The SMILES string of the molecule is CCOC(=O)CN=CC(C(=O)OC)C(=O)OC. The Labute approximate surface area is 98.7 Å². The van der Waals surface area contributed by atoms with Gasteiger partial charge in [-0.1, -0.05) is 0 Å². The lowest BCUT2D eigenvalue weighted by Gasteiger charge is -2.06. The van der Waals surface area contributed by atoms with E-state index in [4.69, 9.17) is 0 Å². The fraction of sp³-hybridized carbons (Fsp3) is 0.600. The van der Waals surface area contributed by atoms with Crippen LogP contribution >= 0.6 is 0 Å². The molecule has 0 aliphatic rings. The highest BCUT2D eigenvalue weighted by Gasteiger charge is 2.26. The van der Waals surface area contributed by atoms with Gasteiger partial charge in [0.25, 0.3) is 0 Å². The second kappa shape index (κ2) is 8.26. The zero-order valence-corrected chi connectivity index (χ0v) is 9.97. The van der Waals surface area contributed by atoms with Gasteiger partial charge in [0.05, 0.1) is 20.8 Å². The highest BCUT2D eigenvalue weighted by molar-refractivity contribution is 6.09. The summed E-state index contributed by atoms with van der Waals surface area (Å²) in [4.78, 5) is 36.9. The van der Waals surface area contributed by atoms with Crippen LogP contribution in [0.15, 0.2) is 4.99 Å². The number of ether oxygens (including phenoxy) is 3. The Kier molecular flexibility index (Phi) is 7.32. The van der Waals surface area contributed by atoms with Crippen molar-refractivity contribution < 1.29 is 28.6 Å².